The van der Waals surface area contributed by atoms with Crippen molar-refractivity contribution in [2.75, 3.05) is 5.32 Å². The van der Waals surface area contributed by atoms with Crippen LogP contribution >= 0.6 is 0 Å². The zero-order valence-corrected chi connectivity index (χ0v) is 13.1. The molecule has 2 heterocycles. The summed E-state index contributed by atoms with van der Waals surface area (Å²) >= 11 is 0. The van der Waals surface area contributed by atoms with E-state index in [0.717, 1.165) is 16.9 Å². The van der Waals surface area contributed by atoms with Gasteiger partial charge in [-0.15, -0.1) is 0 Å². The molecule has 122 valence electrons. The van der Waals surface area contributed by atoms with E-state index in [1.54, 1.807) is 35.2 Å². The highest BCUT2D eigenvalue weighted by molar-refractivity contribution is 5.94. The monoisotopic (exact) mass is 332 g/mol. The largest absolute Gasteiger partial charge is 0.310 e. The lowest BCUT2D eigenvalue weighted by molar-refractivity contribution is -0.116. The van der Waals surface area contributed by atoms with Crippen LogP contribution in [-0.4, -0.2) is 15.5 Å². The van der Waals surface area contributed by atoms with Crippen LogP contribution in [0.25, 0.3) is 5.69 Å². The summed E-state index contributed by atoms with van der Waals surface area (Å²) in [5.74, 6) is -0.0154. The third kappa shape index (κ3) is 2.66. The molecule has 3 aromatic rings. The Bertz CT molecular complexity index is 984. The standard InChI is InChI=1S/C19H13FN4O/c20-14-5-7-15(8-6-14)24-11-22-18-16(9-17(25)23-19(18)24)13-3-1-12(10-21)2-4-13/h1-8,11,16H,9H2,(H,23,25)/t16-/m0/s1. The number of carbonyl (C=O) groups is 1. The molecule has 1 amide bonds. The highest BCUT2D eigenvalue weighted by atomic mass is 19.1. The quantitative estimate of drug-likeness (QED) is 0.782. The SMILES string of the molecule is N#Cc1ccc([C@@H]2CC(=O)Nc3c2ncn3-c2ccc(F)cc2)cc1. The van der Waals surface area contributed by atoms with Crippen LogP contribution in [0.15, 0.2) is 54.9 Å². The first kappa shape index (κ1) is 15.1. The van der Waals surface area contributed by atoms with Gasteiger partial charge in [0, 0.05) is 18.0 Å². The predicted molar refractivity (Wildman–Crippen MR) is 89.8 cm³/mol. The van der Waals surface area contributed by atoms with Gasteiger partial charge in [0.05, 0.1) is 17.3 Å². The van der Waals surface area contributed by atoms with Crippen LogP contribution in [0.3, 0.4) is 0 Å². The Hall–Kier alpha value is -3.46. The molecular formula is C19H13FN4O. The fourth-order valence-electron chi connectivity index (χ4n) is 3.07. The Kier molecular flexibility index (Phi) is 3.55. The number of nitriles is 1. The van der Waals surface area contributed by atoms with E-state index < -0.39 is 0 Å². The van der Waals surface area contributed by atoms with E-state index >= 15 is 0 Å². The van der Waals surface area contributed by atoms with Gasteiger partial charge in [-0.3, -0.25) is 9.36 Å². The van der Waals surface area contributed by atoms with Gasteiger partial charge in [-0.1, -0.05) is 12.1 Å². The summed E-state index contributed by atoms with van der Waals surface area (Å²) in [5.41, 5.74) is 2.98. The highest BCUT2D eigenvalue weighted by Crippen LogP contribution is 2.37. The number of aromatic nitrogens is 2. The van der Waals surface area contributed by atoms with E-state index in [-0.39, 0.29) is 17.6 Å². The summed E-state index contributed by atoms with van der Waals surface area (Å²) < 4.78 is 14.9. The molecule has 0 radical (unpaired) electrons. The maximum atomic E-state index is 13.2. The van der Waals surface area contributed by atoms with Gasteiger partial charge in [-0.25, -0.2) is 9.37 Å². The van der Waals surface area contributed by atoms with Gasteiger partial charge in [0.25, 0.3) is 0 Å². The molecule has 1 N–H and O–H groups in total. The van der Waals surface area contributed by atoms with E-state index in [9.17, 15) is 9.18 Å². The molecular weight excluding hydrogens is 319 g/mol. The molecule has 1 aromatic heterocycles. The van der Waals surface area contributed by atoms with Crippen LogP contribution in [0, 0.1) is 17.1 Å². The van der Waals surface area contributed by atoms with Crippen molar-refractivity contribution in [2.24, 2.45) is 0 Å². The summed E-state index contributed by atoms with van der Waals surface area (Å²) in [6.07, 6.45) is 1.92. The Morgan fingerprint density at radius 1 is 1.16 bits per heavy atom. The summed E-state index contributed by atoms with van der Waals surface area (Å²) in [5, 5.41) is 11.8. The molecule has 25 heavy (non-hydrogen) atoms. The van der Waals surface area contributed by atoms with E-state index in [1.807, 2.05) is 12.1 Å². The van der Waals surface area contributed by atoms with Gasteiger partial charge in [-0.05, 0) is 42.0 Å². The van der Waals surface area contributed by atoms with Crippen molar-refractivity contribution >= 4 is 11.7 Å². The molecule has 1 aliphatic rings. The van der Waals surface area contributed by atoms with Crippen molar-refractivity contribution in [1.29, 1.82) is 5.26 Å². The zero-order valence-electron chi connectivity index (χ0n) is 13.1. The van der Waals surface area contributed by atoms with Crippen molar-refractivity contribution in [2.45, 2.75) is 12.3 Å². The molecule has 0 bridgehead atoms. The minimum absolute atomic E-state index is 0.106. The maximum Gasteiger partial charge on any atom is 0.226 e. The number of rotatable bonds is 2. The Balaban J connectivity index is 1.78. The summed E-state index contributed by atoms with van der Waals surface area (Å²) in [6, 6.07) is 15.3. The van der Waals surface area contributed by atoms with Crippen molar-refractivity contribution in [3.8, 4) is 11.8 Å². The Morgan fingerprint density at radius 3 is 2.56 bits per heavy atom. The molecule has 0 saturated heterocycles. The van der Waals surface area contributed by atoms with Gasteiger partial charge in [0.15, 0.2) is 0 Å². The average Bonchev–Trinajstić information content (AvgIpc) is 3.05. The minimum atomic E-state index is -0.322. The van der Waals surface area contributed by atoms with E-state index in [2.05, 4.69) is 16.4 Å². The van der Waals surface area contributed by atoms with E-state index in [0.29, 0.717) is 17.8 Å². The number of halogens is 1. The molecule has 0 spiro atoms. The topological polar surface area (TPSA) is 70.7 Å². The van der Waals surface area contributed by atoms with Crippen LogP contribution in [0.1, 0.15) is 29.2 Å². The number of nitrogens with zero attached hydrogens (tertiary/aromatic N) is 3. The third-order valence-corrected chi connectivity index (χ3v) is 4.32. The number of anilines is 1. The molecule has 6 heteroatoms. The Morgan fingerprint density at radius 2 is 1.88 bits per heavy atom. The van der Waals surface area contributed by atoms with Crippen molar-refractivity contribution in [1.82, 2.24) is 9.55 Å². The number of amides is 1. The average molecular weight is 332 g/mol. The minimum Gasteiger partial charge on any atom is -0.310 e. The van der Waals surface area contributed by atoms with Gasteiger partial charge in [0.2, 0.25) is 5.91 Å². The lowest BCUT2D eigenvalue weighted by Gasteiger charge is -2.23. The smallest absolute Gasteiger partial charge is 0.226 e. The zero-order chi connectivity index (χ0) is 17.4. The second-order valence-corrected chi connectivity index (χ2v) is 5.86. The molecule has 4 rings (SSSR count). The molecule has 1 atom stereocenters. The van der Waals surface area contributed by atoms with Gasteiger partial charge < -0.3 is 5.32 Å². The molecule has 0 unspecified atom stereocenters. The Labute approximate surface area is 143 Å². The predicted octanol–water partition coefficient (Wildman–Crippen LogP) is 3.36. The summed E-state index contributed by atoms with van der Waals surface area (Å²) in [6.45, 7) is 0. The van der Waals surface area contributed by atoms with Crippen LogP contribution in [0.2, 0.25) is 0 Å². The van der Waals surface area contributed by atoms with Gasteiger partial charge in [-0.2, -0.15) is 5.26 Å². The van der Waals surface area contributed by atoms with Gasteiger partial charge in [0.1, 0.15) is 18.0 Å². The molecule has 5 nitrogen and oxygen atoms in total. The summed E-state index contributed by atoms with van der Waals surface area (Å²) in [4.78, 5) is 16.7. The van der Waals surface area contributed by atoms with Crippen molar-refractivity contribution in [3.05, 3.63) is 77.5 Å². The molecule has 1 aliphatic heterocycles. The number of imidazole rings is 1. The number of fused-ring (bicyclic) bond motifs is 1. The van der Waals surface area contributed by atoms with Crippen LogP contribution in [-0.2, 0) is 4.79 Å². The third-order valence-electron chi connectivity index (χ3n) is 4.32. The first-order chi connectivity index (χ1) is 12.2. The molecule has 0 saturated carbocycles. The van der Waals surface area contributed by atoms with Gasteiger partial charge >= 0.3 is 0 Å². The second-order valence-electron chi connectivity index (χ2n) is 5.86. The molecule has 2 aromatic carbocycles. The first-order valence-corrected chi connectivity index (χ1v) is 7.79. The number of hydrogen-bond donors (Lipinski definition) is 1. The lowest BCUT2D eigenvalue weighted by Crippen LogP contribution is -2.24. The maximum absolute atomic E-state index is 13.2. The number of nitrogens with one attached hydrogen (secondary N) is 1. The highest BCUT2D eigenvalue weighted by Gasteiger charge is 2.30. The first-order valence-electron chi connectivity index (χ1n) is 7.79. The number of benzene rings is 2. The van der Waals surface area contributed by atoms with Crippen molar-refractivity contribution < 1.29 is 9.18 Å². The van der Waals surface area contributed by atoms with Crippen LogP contribution in [0.5, 0.6) is 0 Å². The van der Waals surface area contributed by atoms with Crippen LogP contribution < -0.4 is 5.32 Å². The van der Waals surface area contributed by atoms with Crippen LogP contribution in [0.4, 0.5) is 10.2 Å². The van der Waals surface area contributed by atoms with Crippen molar-refractivity contribution in [3.63, 3.8) is 0 Å². The number of carbonyl (C=O) groups excluding carboxylic acids is 1. The summed E-state index contributed by atoms with van der Waals surface area (Å²) in [7, 11) is 0. The van der Waals surface area contributed by atoms with E-state index in [4.69, 9.17) is 5.26 Å². The lowest BCUT2D eigenvalue weighted by atomic mass is 9.89. The fraction of sp³-hybridized carbons (Fsp3) is 0.105. The number of hydrogen-bond acceptors (Lipinski definition) is 3. The van der Waals surface area contributed by atoms with E-state index in [1.165, 1.54) is 12.1 Å². The molecule has 0 fully saturated rings. The normalized spacial score (nSPS) is 16.0. The second kappa shape index (κ2) is 5.87. The molecule has 0 aliphatic carbocycles. The fourth-order valence-corrected chi connectivity index (χ4v) is 3.07.